The van der Waals surface area contributed by atoms with Gasteiger partial charge >= 0.3 is 0 Å². The number of nitro benzene ring substituents is 1. The number of nitro groups is 1. The number of aliphatic hydroxyl groups is 1. The first kappa shape index (κ1) is 18.8. The first-order chi connectivity index (χ1) is 13.9. The molecule has 1 saturated carbocycles. The number of ether oxygens (including phenoxy) is 2. The van der Waals surface area contributed by atoms with E-state index < -0.39 is 5.60 Å². The van der Waals surface area contributed by atoms with Gasteiger partial charge in [-0.15, -0.1) is 0 Å². The molecule has 0 aromatic heterocycles. The summed E-state index contributed by atoms with van der Waals surface area (Å²) in [5.41, 5.74) is -0.0977. The second-order valence-electron chi connectivity index (χ2n) is 8.94. The van der Waals surface area contributed by atoms with Crippen LogP contribution < -0.4 is 9.64 Å². The van der Waals surface area contributed by atoms with E-state index in [9.17, 15) is 15.2 Å². The molecule has 2 fully saturated rings. The minimum Gasteiger partial charge on any atom is -0.455 e. The van der Waals surface area contributed by atoms with Crippen LogP contribution in [0.2, 0.25) is 0 Å². The molecule has 7 nitrogen and oxygen atoms in total. The molecule has 29 heavy (non-hydrogen) atoms. The van der Waals surface area contributed by atoms with Crippen LogP contribution in [0.1, 0.15) is 31.4 Å². The molecule has 0 spiro atoms. The van der Waals surface area contributed by atoms with E-state index in [1.807, 2.05) is 13.0 Å². The standard InChI is InChI=1S/C22H26N2O5/c1-22(25,18-11-14-2-3-15(18)10-14)13-20-21(23-6-8-28-9-7-23)17-12-16(24(26)27)4-5-19(17)29-20/h2-5,12-15,18,21,25H,6-11H2,1H3/p+1/b20-13-/t14-,15+,18+,21-,22+/m1/s1. The Balaban J connectivity index is 1.51. The molecule has 2 aliphatic heterocycles. The number of nitrogens with zero attached hydrogens (tertiary/aromatic N) is 1. The predicted molar refractivity (Wildman–Crippen MR) is 106 cm³/mol. The highest BCUT2D eigenvalue weighted by Gasteiger charge is 2.47. The van der Waals surface area contributed by atoms with Crippen molar-refractivity contribution in [3.05, 3.63) is 57.9 Å². The summed E-state index contributed by atoms with van der Waals surface area (Å²) in [5, 5.41) is 22.7. The number of allylic oxidation sites excluding steroid dienone is 2. The van der Waals surface area contributed by atoms with Crippen LogP contribution in [0.15, 0.2) is 42.2 Å². The molecular formula is C22H27N2O5+. The minimum absolute atomic E-state index is 0.0660. The molecule has 154 valence electrons. The van der Waals surface area contributed by atoms with Gasteiger partial charge in [-0.1, -0.05) is 12.2 Å². The van der Waals surface area contributed by atoms with E-state index in [1.54, 1.807) is 12.1 Å². The molecule has 0 unspecified atom stereocenters. The van der Waals surface area contributed by atoms with Crippen molar-refractivity contribution in [3.63, 3.8) is 0 Å². The molecule has 5 rings (SSSR count). The Kier molecular flexibility index (Phi) is 4.49. The van der Waals surface area contributed by atoms with Crippen LogP contribution in [0.4, 0.5) is 5.69 Å². The number of quaternary nitrogens is 1. The van der Waals surface area contributed by atoms with Gasteiger partial charge in [-0.3, -0.25) is 10.1 Å². The summed E-state index contributed by atoms with van der Waals surface area (Å²) in [6.07, 6.45) is 8.50. The third-order valence-electron chi connectivity index (χ3n) is 7.03. The Labute approximate surface area is 169 Å². The van der Waals surface area contributed by atoms with E-state index in [-0.39, 0.29) is 22.6 Å². The van der Waals surface area contributed by atoms with E-state index >= 15 is 0 Å². The van der Waals surface area contributed by atoms with Crippen molar-refractivity contribution >= 4 is 5.69 Å². The van der Waals surface area contributed by atoms with Crippen LogP contribution in [-0.4, -0.2) is 41.9 Å². The Bertz CT molecular complexity index is 887. The summed E-state index contributed by atoms with van der Waals surface area (Å²) >= 11 is 0. The maximum Gasteiger partial charge on any atom is 0.270 e. The third kappa shape index (κ3) is 3.27. The molecule has 5 atom stereocenters. The lowest BCUT2D eigenvalue weighted by molar-refractivity contribution is -0.933. The van der Waals surface area contributed by atoms with Crippen molar-refractivity contribution in [1.29, 1.82) is 0 Å². The van der Waals surface area contributed by atoms with Gasteiger partial charge in [0.25, 0.3) is 5.69 Å². The fourth-order valence-corrected chi connectivity index (χ4v) is 5.61. The van der Waals surface area contributed by atoms with E-state index in [0.717, 1.165) is 31.5 Å². The molecule has 4 aliphatic rings. The molecule has 2 heterocycles. The summed E-state index contributed by atoms with van der Waals surface area (Å²) in [6.45, 7) is 4.77. The predicted octanol–water partition coefficient (Wildman–Crippen LogP) is 1.79. The average molecular weight is 399 g/mol. The summed E-state index contributed by atoms with van der Waals surface area (Å²) in [6, 6.07) is 4.62. The molecule has 0 radical (unpaired) electrons. The lowest BCUT2D eigenvalue weighted by Crippen LogP contribution is -3.14. The van der Waals surface area contributed by atoms with Gasteiger partial charge < -0.3 is 19.5 Å². The molecule has 7 heteroatoms. The van der Waals surface area contributed by atoms with Crippen molar-refractivity contribution < 1.29 is 24.4 Å². The van der Waals surface area contributed by atoms with Crippen molar-refractivity contribution in [3.8, 4) is 5.75 Å². The average Bonchev–Trinajstić information content (AvgIpc) is 3.41. The van der Waals surface area contributed by atoms with Crippen molar-refractivity contribution in [2.24, 2.45) is 17.8 Å². The van der Waals surface area contributed by atoms with Gasteiger partial charge in [-0.25, -0.2) is 0 Å². The number of fused-ring (bicyclic) bond motifs is 3. The van der Waals surface area contributed by atoms with Crippen LogP contribution in [0.5, 0.6) is 5.75 Å². The van der Waals surface area contributed by atoms with Gasteiger partial charge in [0.15, 0.2) is 11.8 Å². The third-order valence-corrected chi connectivity index (χ3v) is 7.03. The Morgan fingerprint density at radius 1 is 1.28 bits per heavy atom. The summed E-state index contributed by atoms with van der Waals surface area (Å²) in [4.78, 5) is 12.2. The number of morpholine rings is 1. The number of non-ortho nitro benzene ring substituents is 1. The summed E-state index contributed by atoms with van der Waals surface area (Å²) in [7, 11) is 0. The molecule has 0 amide bonds. The molecule has 2 aliphatic carbocycles. The quantitative estimate of drug-likeness (QED) is 0.458. The topological polar surface area (TPSA) is 86.3 Å². The maximum absolute atomic E-state index is 11.4. The normalized spacial score (nSPS) is 34.2. The second-order valence-corrected chi connectivity index (χ2v) is 8.94. The summed E-state index contributed by atoms with van der Waals surface area (Å²) in [5.74, 6) is 2.50. The van der Waals surface area contributed by atoms with Gasteiger partial charge in [-0.2, -0.15) is 0 Å². The fraction of sp³-hybridized carbons (Fsp3) is 0.545. The van der Waals surface area contributed by atoms with E-state index in [2.05, 4.69) is 12.2 Å². The van der Waals surface area contributed by atoms with Crippen molar-refractivity contribution in [1.82, 2.24) is 0 Å². The van der Waals surface area contributed by atoms with Crippen LogP contribution >= 0.6 is 0 Å². The lowest BCUT2D eigenvalue weighted by Gasteiger charge is -2.33. The van der Waals surface area contributed by atoms with Crippen LogP contribution in [0.3, 0.4) is 0 Å². The van der Waals surface area contributed by atoms with Gasteiger partial charge in [0.05, 0.1) is 29.3 Å². The Morgan fingerprint density at radius 2 is 2.07 bits per heavy atom. The summed E-state index contributed by atoms with van der Waals surface area (Å²) < 4.78 is 11.7. The zero-order valence-electron chi connectivity index (χ0n) is 16.5. The van der Waals surface area contributed by atoms with Crippen molar-refractivity contribution in [2.75, 3.05) is 26.3 Å². The number of hydrogen-bond donors (Lipinski definition) is 2. The van der Waals surface area contributed by atoms with E-state index in [0.29, 0.717) is 36.6 Å². The van der Waals surface area contributed by atoms with Gasteiger partial charge in [0.2, 0.25) is 0 Å². The Hall–Kier alpha value is -2.22. The second kappa shape index (κ2) is 6.93. The zero-order valence-corrected chi connectivity index (χ0v) is 16.5. The smallest absolute Gasteiger partial charge is 0.270 e. The highest BCUT2D eigenvalue weighted by Crippen LogP contribution is 2.49. The highest BCUT2D eigenvalue weighted by molar-refractivity contribution is 5.51. The number of benzene rings is 1. The number of rotatable bonds is 4. The van der Waals surface area contributed by atoms with Crippen LogP contribution in [-0.2, 0) is 4.74 Å². The Morgan fingerprint density at radius 3 is 2.72 bits per heavy atom. The van der Waals surface area contributed by atoms with Gasteiger partial charge in [0, 0.05) is 12.1 Å². The van der Waals surface area contributed by atoms with Crippen LogP contribution in [0, 0.1) is 27.9 Å². The largest absolute Gasteiger partial charge is 0.455 e. The van der Waals surface area contributed by atoms with Crippen molar-refractivity contribution in [2.45, 2.75) is 31.4 Å². The SMILES string of the molecule is C[C@](O)(/C=C1\Oc2ccc([N+](=O)[O-])cc2[C@H]1[NH+]1CCOCC1)[C@H]1C[C@@H]2C=C[C@H]1C2. The number of hydrogen-bond acceptors (Lipinski definition) is 5. The highest BCUT2D eigenvalue weighted by atomic mass is 16.6. The molecule has 1 aromatic carbocycles. The van der Waals surface area contributed by atoms with E-state index in [1.165, 1.54) is 11.0 Å². The molecule has 1 saturated heterocycles. The fourth-order valence-electron chi connectivity index (χ4n) is 5.61. The lowest BCUT2D eigenvalue weighted by atomic mass is 9.79. The molecule has 2 N–H and O–H groups in total. The molecular weight excluding hydrogens is 372 g/mol. The van der Waals surface area contributed by atoms with Gasteiger partial charge in [0.1, 0.15) is 18.8 Å². The van der Waals surface area contributed by atoms with E-state index in [4.69, 9.17) is 9.47 Å². The molecule has 2 bridgehead atoms. The van der Waals surface area contributed by atoms with Crippen LogP contribution in [0.25, 0.3) is 0 Å². The first-order valence-corrected chi connectivity index (χ1v) is 10.4. The van der Waals surface area contributed by atoms with Gasteiger partial charge in [-0.05, 0) is 49.7 Å². The number of nitrogens with one attached hydrogen (secondary N) is 1. The minimum atomic E-state index is -0.989. The molecule has 1 aromatic rings. The monoisotopic (exact) mass is 399 g/mol. The maximum atomic E-state index is 11.4. The zero-order chi connectivity index (χ0) is 20.2. The first-order valence-electron chi connectivity index (χ1n) is 10.4.